The lowest BCUT2D eigenvalue weighted by molar-refractivity contribution is 0.00689. The van der Waals surface area contributed by atoms with E-state index in [9.17, 15) is 9.90 Å². The summed E-state index contributed by atoms with van der Waals surface area (Å²) in [4.78, 5) is 11.7. The molecule has 0 amide bonds. The Morgan fingerprint density at radius 1 is 1.06 bits per heavy atom. The highest BCUT2D eigenvalue weighted by Gasteiger charge is 2.19. The predicted octanol–water partition coefficient (Wildman–Crippen LogP) is 2.87. The van der Waals surface area contributed by atoms with Crippen molar-refractivity contribution in [1.29, 1.82) is 0 Å². The van der Waals surface area contributed by atoms with Crippen molar-refractivity contribution in [2.75, 3.05) is 0 Å². The van der Waals surface area contributed by atoms with Crippen LogP contribution in [0.5, 0.6) is 0 Å². The molecule has 0 unspecified atom stereocenters. The number of rotatable bonds is 2. The minimum atomic E-state index is -0.896. The molecule has 0 saturated heterocycles. The first-order valence-electron chi connectivity index (χ1n) is 5.66. The molecule has 94 valence electrons. The van der Waals surface area contributed by atoms with Gasteiger partial charge in [0.25, 0.3) is 0 Å². The van der Waals surface area contributed by atoms with Crippen LogP contribution in [0.4, 0.5) is 0 Å². The third-order valence-electron chi connectivity index (χ3n) is 2.23. The highest BCUT2D eigenvalue weighted by Crippen LogP contribution is 2.20. The van der Waals surface area contributed by atoms with Gasteiger partial charge in [-0.3, -0.25) is 0 Å². The number of benzene rings is 1. The van der Waals surface area contributed by atoms with Gasteiger partial charge in [0.05, 0.1) is 11.2 Å². The normalized spacial score (nSPS) is 12.4. The van der Waals surface area contributed by atoms with Crippen molar-refractivity contribution < 1.29 is 14.6 Å². The van der Waals surface area contributed by atoms with Crippen LogP contribution in [0, 0.1) is 0 Å². The van der Waals surface area contributed by atoms with Gasteiger partial charge >= 0.3 is 5.97 Å². The van der Waals surface area contributed by atoms with Gasteiger partial charge < -0.3 is 9.84 Å². The van der Waals surface area contributed by atoms with Gasteiger partial charge in [-0.2, -0.15) is 0 Å². The lowest BCUT2D eigenvalue weighted by Crippen LogP contribution is -2.24. The van der Waals surface area contributed by atoms with Gasteiger partial charge in [-0.25, -0.2) is 4.79 Å². The molecule has 0 fully saturated rings. The third-order valence-corrected chi connectivity index (χ3v) is 2.23. The van der Waals surface area contributed by atoms with Gasteiger partial charge in [-0.15, -0.1) is 0 Å². The highest BCUT2D eigenvalue weighted by molar-refractivity contribution is 5.89. The fourth-order valence-corrected chi connectivity index (χ4v) is 1.35. The Kier molecular flexibility index (Phi) is 3.62. The summed E-state index contributed by atoms with van der Waals surface area (Å²) >= 11 is 0. The molecule has 0 radical (unpaired) electrons. The monoisotopic (exact) mass is 236 g/mol. The smallest absolute Gasteiger partial charge is 0.338 e. The van der Waals surface area contributed by atoms with Crippen molar-refractivity contribution in [3.8, 4) is 0 Å². The quantitative estimate of drug-likeness (QED) is 0.803. The van der Waals surface area contributed by atoms with Crippen molar-refractivity contribution in [2.24, 2.45) is 0 Å². The third kappa shape index (κ3) is 4.19. The van der Waals surface area contributed by atoms with Crippen LogP contribution in [-0.4, -0.2) is 16.7 Å². The molecule has 0 aliphatic carbocycles. The zero-order chi connectivity index (χ0) is 13.3. The van der Waals surface area contributed by atoms with Crippen LogP contribution in [0.15, 0.2) is 24.3 Å². The molecule has 0 aliphatic heterocycles. The molecule has 17 heavy (non-hydrogen) atoms. The maximum atomic E-state index is 11.7. The first-order chi connectivity index (χ1) is 7.59. The number of ether oxygens (including phenoxy) is 1. The summed E-state index contributed by atoms with van der Waals surface area (Å²) in [5.41, 5.74) is -0.129. The molecule has 1 rings (SSSR count). The summed E-state index contributed by atoms with van der Waals surface area (Å²) in [5.74, 6) is -0.347. The Morgan fingerprint density at radius 3 is 1.88 bits per heavy atom. The number of carbonyl (C=O) groups is 1. The van der Waals surface area contributed by atoms with E-state index in [1.165, 1.54) is 0 Å². The van der Waals surface area contributed by atoms with E-state index in [0.717, 1.165) is 5.56 Å². The molecule has 0 saturated carbocycles. The second-order valence-electron chi connectivity index (χ2n) is 5.64. The number of esters is 1. The molecule has 0 aromatic heterocycles. The van der Waals surface area contributed by atoms with Crippen LogP contribution >= 0.6 is 0 Å². The van der Waals surface area contributed by atoms with Gasteiger partial charge in [0.1, 0.15) is 5.60 Å². The Morgan fingerprint density at radius 2 is 1.53 bits per heavy atom. The van der Waals surface area contributed by atoms with Crippen LogP contribution in [0.3, 0.4) is 0 Å². The lowest BCUT2D eigenvalue weighted by atomic mass is 9.97. The number of hydrogen-bond donors (Lipinski definition) is 1. The average molecular weight is 236 g/mol. The average Bonchev–Trinajstić information content (AvgIpc) is 2.14. The minimum Gasteiger partial charge on any atom is -0.456 e. The van der Waals surface area contributed by atoms with E-state index >= 15 is 0 Å². The van der Waals surface area contributed by atoms with Crippen LogP contribution in [-0.2, 0) is 10.3 Å². The highest BCUT2D eigenvalue weighted by atomic mass is 16.6. The molecule has 0 spiro atoms. The summed E-state index contributed by atoms with van der Waals surface area (Å²) in [6, 6.07) is 6.81. The van der Waals surface area contributed by atoms with Crippen molar-refractivity contribution >= 4 is 5.97 Å². The van der Waals surface area contributed by atoms with Crippen LogP contribution in [0.1, 0.15) is 50.5 Å². The summed E-state index contributed by atoms with van der Waals surface area (Å²) in [6.07, 6.45) is 0. The summed E-state index contributed by atoms with van der Waals surface area (Å²) in [6.45, 7) is 8.90. The number of hydrogen-bond acceptors (Lipinski definition) is 3. The first kappa shape index (κ1) is 13.7. The maximum Gasteiger partial charge on any atom is 0.338 e. The van der Waals surface area contributed by atoms with Crippen molar-refractivity contribution in [1.82, 2.24) is 0 Å². The first-order valence-corrected chi connectivity index (χ1v) is 5.66. The Labute approximate surface area is 102 Å². The summed E-state index contributed by atoms with van der Waals surface area (Å²) in [7, 11) is 0. The van der Waals surface area contributed by atoms with Gasteiger partial charge in [-0.05, 0) is 52.3 Å². The van der Waals surface area contributed by atoms with Gasteiger partial charge in [0.15, 0.2) is 0 Å². The topological polar surface area (TPSA) is 46.5 Å². The standard InChI is InChI=1S/C14H20O3/c1-13(2,3)17-12(15)10-6-8-11(9-7-10)14(4,5)16/h6-9,16H,1-5H3. The van der Waals surface area contributed by atoms with Crippen molar-refractivity contribution in [3.63, 3.8) is 0 Å². The van der Waals surface area contributed by atoms with Gasteiger partial charge in [0, 0.05) is 0 Å². The van der Waals surface area contributed by atoms with Crippen molar-refractivity contribution in [2.45, 2.75) is 45.8 Å². The predicted molar refractivity (Wildman–Crippen MR) is 66.9 cm³/mol. The Hall–Kier alpha value is -1.35. The van der Waals surface area contributed by atoms with Crippen molar-refractivity contribution in [3.05, 3.63) is 35.4 Å². The molecule has 1 aromatic carbocycles. The number of aliphatic hydroxyl groups is 1. The second-order valence-corrected chi connectivity index (χ2v) is 5.64. The second kappa shape index (κ2) is 4.49. The molecule has 3 nitrogen and oxygen atoms in total. The maximum absolute atomic E-state index is 11.7. The van der Waals surface area contributed by atoms with E-state index < -0.39 is 11.2 Å². The largest absolute Gasteiger partial charge is 0.456 e. The van der Waals surface area contributed by atoms with E-state index in [-0.39, 0.29) is 5.97 Å². The van der Waals surface area contributed by atoms with E-state index in [1.807, 2.05) is 20.8 Å². The Bertz CT molecular complexity index is 391. The summed E-state index contributed by atoms with van der Waals surface area (Å²) < 4.78 is 5.25. The zero-order valence-corrected chi connectivity index (χ0v) is 11.1. The SMILES string of the molecule is CC(C)(C)OC(=O)c1ccc(C(C)(C)O)cc1. The molecule has 0 atom stereocenters. The molecule has 1 N–H and O–H groups in total. The zero-order valence-electron chi connectivity index (χ0n) is 11.1. The minimum absolute atomic E-state index is 0.347. The molecule has 3 heteroatoms. The fourth-order valence-electron chi connectivity index (χ4n) is 1.35. The van der Waals surface area contributed by atoms with Crippen LogP contribution in [0.2, 0.25) is 0 Å². The molecule has 0 aliphatic rings. The van der Waals surface area contributed by atoms with E-state index in [0.29, 0.717) is 5.56 Å². The van der Waals surface area contributed by atoms with Crippen LogP contribution < -0.4 is 0 Å². The molecule has 0 heterocycles. The molecule has 0 bridgehead atoms. The van der Waals surface area contributed by atoms with E-state index in [1.54, 1.807) is 38.1 Å². The molecular weight excluding hydrogens is 216 g/mol. The molecular formula is C14H20O3. The van der Waals surface area contributed by atoms with E-state index in [2.05, 4.69) is 0 Å². The molecule has 1 aromatic rings. The fraction of sp³-hybridized carbons (Fsp3) is 0.500. The lowest BCUT2D eigenvalue weighted by Gasteiger charge is -2.20. The number of carbonyl (C=O) groups excluding carboxylic acids is 1. The van der Waals surface area contributed by atoms with Gasteiger partial charge in [0.2, 0.25) is 0 Å². The van der Waals surface area contributed by atoms with E-state index in [4.69, 9.17) is 4.74 Å². The van der Waals surface area contributed by atoms with Gasteiger partial charge in [-0.1, -0.05) is 12.1 Å². The summed E-state index contributed by atoms with van der Waals surface area (Å²) in [5, 5.41) is 9.79. The van der Waals surface area contributed by atoms with Crippen LogP contribution in [0.25, 0.3) is 0 Å². The Balaban J connectivity index is 2.85.